The second-order valence-electron chi connectivity index (χ2n) is 4.67. The molecule has 2 aliphatic rings. The van der Waals surface area contributed by atoms with Crippen molar-refractivity contribution in [3.63, 3.8) is 0 Å². The van der Waals surface area contributed by atoms with E-state index in [0.717, 1.165) is 0 Å². The lowest BCUT2D eigenvalue weighted by Gasteiger charge is -2.49. The zero-order chi connectivity index (χ0) is 12.6. The van der Waals surface area contributed by atoms with E-state index in [4.69, 9.17) is 0 Å². The first-order valence-electron chi connectivity index (χ1n) is 5.40. The number of hydrogen-bond donors (Lipinski definition) is 0. The van der Waals surface area contributed by atoms with Crippen molar-refractivity contribution in [2.24, 2.45) is 5.29 Å². The summed E-state index contributed by atoms with van der Waals surface area (Å²) >= 11 is 0. The van der Waals surface area contributed by atoms with Gasteiger partial charge in [0.1, 0.15) is 0 Å². The van der Waals surface area contributed by atoms with Crippen molar-refractivity contribution in [2.75, 3.05) is 33.3 Å². The highest BCUT2D eigenvalue weighted by atomic mass is 16.3. The highest BCUT2D eigenvalue weighted by molar-refractivity contribution is 5.73. The minimum absolute atomic E-state index is 0.0860. The number of carbonyl (C=O) groups excluding carboxylic acids is 2. The third-order valence-electron chi connectivity index (χ3n) is 3.14. The number of hydrogen-bond acceptors (Lipinski definition) is 5. The molecule has 2 bridgehead atoms. The SMILES string of the molecule is CC(=O)N1CN2CN(C(C)=O)C[N+](N=O)(C2)C1. The molecule has 2 saturated heterocycles. The normalized spacial score (nSPS) is 32.2. The van der Waals surface area contributed by atoms with Gasteiger partial charge in [-0.25, -0.2) is 4.90 Å². The van der Waals surface area contributed by atoms with E-state index in [9.17, 15) is 14.5 Å². The maximum absolute atomic E-state index is 11.4. The van der Waals surface area contributed by atoms with Crippen molar-refractivity contribution < 1.29 is 14.2 Å². The standard InChI is InChI=1S/C9H16N5O3/c1-8(15)12-3-11-4-13(9(2)16)7-14(5-11,6-12)10-17/h3-7H2,1-2H3/q+1. The molecule has 0 aromatic rings. The second kappa shape index (κ2) is 4.04. The molecule has 2 aliphatic heterocycles. The van der Waals surface area contributed by atoms with Gasteiger partial charge in [0.05, 0.1) is 13.3 Å². The summed E-state index contributed by atoms with van der Waals surface area (Å²) in [7, 11) is 0. The topological polar surface area (TPSA) is 73.3 Å². The third kappa shape index (κ3) is 2.13. The van der Waals surface area contributed by atoms with E-state index in [1.54, 1.807) is 9.80 Å². The van der Waals surface area contributed by atoms with Gasteiger partial charge >= 0.3 is 0 Å². The quantitative estimate of drug-likeness (QED) is 0.450. The van der Waals surface area contributed by atoms with Gasteiger partial charge < -0.3 is 0 Å². The van der Waals surface area contributed by atoms with Gasteiger partial charge in [0.25, 0.3) is 0 Å². The van der Waals surface area contributed by atoms with Crippen molar-refractivity contribution in [1.82, 2.24) is 14.7 Å². The summed E-state index contributed by atoms with van der Waals surface area (Å²) in [4.78, 5) is 38.8. The molecule has 94 valence electrons. The second-order valence-corrected chi connectivity index (χ2v) is 4.67. The Morgan fingerprint density at radius 3 is 1.82 bits per heavy atom. The van der Waals surface area contributed by atoms with Crippen LogP contribution in [-0.2, 0) is 9.59 Å². The lowest BCUT2D eigenvalue weighted by atomic mass is 10.4. The van der Waals surface area contributed by atoms with Crippen LogP contribution in [0.5, 0.6) is 0 Å². The molecule has 2 fully saturated rings. The van der Waals surface area contributed by atoms with E-state index in [1.807, 2.05) is 4.90 Å². The smallest absolute Gasteiger partial charge is 0.224 e. The Kier molecular flexibility index (Phi) is 2.84. The van der Waals surface area contributed by atoms with Gasteiger partial charge in [-0.3, -0.25) is 19.4 Å². The van der Waals surface area contributed by atoms with E-state index >= 15 is 0 Å². The average Bonchev–Trinajstić information content (AvgIpc) is 2.27. The van der Waals surface area contributed by atoms with Crippen LogP contribution < -0.4 is 0 Å². The summed E-state index contributed by atoms with van der Waals surface area (Å²) < 4.78 is -0.154. The van der Waals surface area contributed by atoms with Gasteiger partial charge in [0, 0.05) is 13.8 Å². The Labute approximate surface area is 98.9 Å². The number of nitrogens with zero attached hydrogens (tertiary/aromatic N) is 5. The number of fused-ring (bicyclic) bond motifs is 2. The van der Waals surface area contributed by atoms with Crippen LogP contribution in [0.3, 0.4) is 0 Å². The molecule has 0 aromatic heterocycles. The van der Waals surface area contributed by atoms with Gasteiger partial charge in [-0.2, -0.15) is 0 Å². The van der Waals surface area contributed by atoms with Gasteiger partial charge in [-0.05, 0) is 0 Å². The number of nitroso groups, excluding NO2 is 1. The molecule has 2 amide bonds. The maximum atomic E-state index is 11.4. The Bertz CT molecular complexity index is 346. The number of rotatable bonds is 1. The van der Waals surface area contributed by atoms with Crippen LogP contribution in [0.25, 0.3) is 0 Å². The van der Waals surface area contributed by atoms with Gasteiger partial charge in [-0.15, -0.1) is 4.59 Å². The molecule has 17 heavy (non-hydrogen) atoms. The van der Waals surface area contributed by atoms with Gasteiger partial charge in [0.2, 0.25) is 11.8 Å². The van der Waals surface area contributed by atoms with Crippen LogP contribution in [0, 0.1) is 4.91 Å². The molecule has 0 N–H and O–H groups in total. The van der Waals surface area contributed by atoms with Crippen LogP contribution in [0.1, 0.15) is 13.8 Å². The van der Waals surface area contributed by atoms with Crippen molar-refractivity contribution in [3.8, 4) is 0 Å². The van der Waals surface area contributed by atoms with Crippen molar-refractivity contribution in [1.29, 1.82) is 0 Å². The van der Waals surface area contributed by atoms with Crippen molar-refractivity contribution in [3.05, 3.63) is 4.91 Å². The Morgan fingerprint density at radius 1 is 1.00 bits per heavy atom. The molecule has 2 rings (SSSR count). The van der Waals surface area contributed by atoms with Gasteiger partial charge in [0.15, 0.2) is 25.3 Å². The molecular formula is C9H16N5O3+. The first-order valence-corrected chi connectivity index (χ1v) is 5.40. The average molecular weight is 242 g/mol. The molecule has 0 aromatic carbocycles. The van der Waals surface area contributed by atoms with E-state index < -0.39 is 0 Å². The van der Waals surface area contributed by atoms with Crippen LogP contribution in [0.2, 0.25) is 0 Å². The Morgan fingerprint density at radius 2 is 1.47 bits per heavy atom. The molecule has 0 radical (unpaired) electrons. The molecule has 0 atom stereocenters. The predicted molar refractivity (Wildman–Crippen MR) is 57.3 cm³/mol. The summed E-state index contributed by atoms with van der Waals surface area (Å²) in [6, 6.07) is 0. The lowest BCUT2D eigenvalue weighted by Crippen LogP contribution is -2.72. The fraction of sp³-hybridized carbons (Fsp3) is 0.778. The highest BCUT2D eigenvalue weighted by Crippen LogP contribution is 2.23. The molecule has 0 saturated carbocycles. The van der Waals surface area contributed by atoms with Crippen molar-refractivity contribution in [2.45, 2.75) is 13.8 Å². The molecule has 8 nitrogen and oxygen atoms in total. The number of quaternary nitrogens is 1. The Balaban J connectivity index is 2.21. The minimum Gasteiger partial charge on any atom is -0.280 e. The predicted octanol–water partition coefficient (Wildman–Crippen LogP) is -0.702. The van der Waals surface area contributed by atoms with E-state index in [1.165, 1.54) is 13.8 Å². The maximum Gasteiger partial charge on any atom is 0.224 e. The van der Waals surface area contributed by atoms with Crippen LogP contribution in [0.4, 0.5) is 0 Å². The molecule has 2 heterocycles. The largest absolute Gasteiger partial charge is 0.280 e. The fourth-order valence-corrected chi connectivity index (χ4v) is 2.32. The van der Waals surface area contributed by atoms with E-state index in [0.29, 0.717) is 20.0 Å². The monoisotopic (exact) mass is 242 g/mol. The zero-order valence-electron chi connectivity index (χ0n) is 10.00. The first-order chi connectivity index (χ1) is 7.96. The molecular weight excluding hydrogens is 226 g/mol. The number of amides is 2. The van der Waals surface area contributed by atoms with Gasteiger partial charge in [-0.1, -0.05) is 4.91 Å². The third-order valence-corrected chi connectivity index (χ3v) is 3.14. The highest BCUT2D eigenvalue weighted by Gasteiger charge is 2.47. The fourth-order valence-electron chi connectivity index (χ4n) is 2.32. The summed E-state index contributed by atoms with van der Waals surface area (Å²) in [6.45, 7) is 4.74. The van der Waals surface area contributed by atoms with E-state index in [-0.39, 0.29) is 29.7 Å². The van der Waals surface area contributed by atoms with Crippen LogP contribution >= 0.6 is 0 Å². The Hall–Kier alpha value is -1.54. The van der Waals surface area contributed by atoms with Crippen LogP contribution in [0.15, 0.2) is 5.29 Å². The van der Waals surface area contributed by atoms with Crippen LogP contribution in [-0.4, -0.2) is 64.4 Å². The molecule has 0 spiro atoms. The minimum atomic E-state index is -0.154. The molecule has 0 unspecified atom stereocenters. The molecule has 8 heteroatoms. The lowest BCUT2D eigenvalue weighted by molar-refractivity contribution is -0.975. The summed E-state index contributed by atoms with van der Waals surface area (Å²) in [5.41, 5.74) is 0. The molecule has 0 aliphatic carbocycles. The first kappa shape index (κ1) is 11.9. The van der Waals surface area contributed by atoms with Crippen molar-refractivity contribution >= 4 is 11.8 Å². The van der Waals surface area contributed by atoms with E-state index in [2.05, 4.69) is 5.29 Å². The summed E-state index contributed by atoms with van der Waals surface area (Å²) in [6.07, 6.45) is 0. The number of carbonyl (C=O) groups is 2. The summed E-state index contributed by atoms with van der Waals surface area (Å²) in [5.74, 6) is -0.172. The zero-order valence-corrected chi connectivity index (χ0v) is 10.00. The summed E-state index contributed by atoms with van der Waals surface area (Å²) in [5, 5.41) is 3.12.